The minimum atomic E-state index is -0.932. The molecule has 2 N–H and O–H groups in total. The van der Waals surface area contributed by atoms with E-state index in [0.717, 1.165) is 16.5 Å². The fraction of sp³-hybridized carbons (Fsp3) is 0.143. The Morgan fingerprint density at radius 2 is 2.00 bits per heavy atom. The molecule has 2 aromatic rings. The molecule has 5 heteroatoms. The van der Waals surface area contributed by atoms with Crippen LogP contribution in [0.25, 0.3) is 0 Å². The topological polar surface area (TPSA) is 62.2 Å². The van der Waals surface area contributed by atoms with Gasteiger partial charge in [-0.15, -0.1) is 0 Å². The van der Waals surface area contributed by atoms with Crippen LogP contribution < -0.4 is 5.32 Å². The van der Waals surface area contributed by atoms with Gasteiger partial charge >= 0.3 is 5.97 Å². The Bertz CT molecular complexity index is 573. The first-order valence-electron chi connectivity index (χ1n) is 5.82. The van der Waals surface area contributed by atoms with Gasteiger partial charge in [0.15, 0.2) is 0 Å². The lowest BCUT2D eigenvalue weighted by molar-refractivity contribution is 0.0698. The van der Waals surface area contributed by atoms with E-state index in [1.54, 1.807) is 30.6 Å². The standard InChI is InChI=1S/C14H13BrN2O2/c15-11-1-2-12(14(18)19)13(9-11)17-8-5-10-3-6-16-7-4-10/h1-4,6-7,9,17H,5,8H2,(H,18,19). The average molecular weight is 321 g/mol. The zero-order valence-electron chi connectivity index (χ0n) is 10.1. The number of rotatable bonds is 5. The van der Waals surface area contributed by atoms with E-state index < -0.39 is 5.97 Å². The number of aromatic nitrogens is 1. The van der Waals surface area contributed by atoms with Gasteiger partial charge in [-0.25, -0.2) is 4.79 Å². The summed E-state index contributed by atoms with van der Waals surface area (Å²) in [6, 6.07) is 8.97. The lowest BCUT2D eigenvalue weighted by Crippen LogP contribution is -2.09. The fourth-order valence-electron chi connectivity index (χ4n) is 1.74. The summed E-state index contributed by atoms with van der Waals surface area (Å²) in [5.74, 6) is -0.932. The van der Waals surface area contributed by atoms with Crippen molar-refractivity contribution in [3.05, 3.63) is 58.3 Å². The van der Waals surface area contributed by atoms with E-state index in [1.165, 1.54) is 0 Å². The number of carboxylic acids is 1. The predicted molar refractivity (Wildman–Crippen MR) is 77.5 cm³/mol. The lowest BCUT2D eigenvalue weighted by atomic mass is 10.1. The summed E-state index contributed by atoms with van der Waals surface area (Å²) in [6.07, 6.45) is 4.31. The number of hydrogen-bond donors (Lipinski definition) is 2. The van der Waals surface area contributed by atoms with Gasteiger partial charge < -0.3 is 10.4 Å². The van der Waals surface area contributed by atoms with Gasteiger partial charge in [-0.3, -0.25) is 4.98 Å². The van der Waals surface area contributed by atoms with E-state index in [2.05, 4.69) is 26.2 Å². The Morgan fingerprint density at radius 3 is 2.68 bits per heavy atom. The van der Waals surface area contributed by atoms with Crippen LogP contribution in [-0.4, -0.2) is 22.6 Å². The van der Waals surface area contributed by atoms with Crippen LogP contribution >= 0.6 is 15.9 Å². The monoisotopic (exact) mass is 320 g/mol. The van der Waals surface area contributed by atoms with E-state index >= 15 is 0 Å². The highest BCUT2D eigenvalue weighted by Crippen LogP contribution is 2.21. The summed E-state index contributed by atoms with van der Waals surface area (Å²) in [7, 11) is 0. The maximum atomic E-state index is 11.1. The molecule has 0 unspecified atom stereocenters. The third-order valence-corrected chi connectivity index (χ3v) is 3.18. The first-order chi connectivity index (χ1) is 9.16. The molecule has 0 atom stereocenters. The first-order valence-corrected chi connectivity index (χ1v) is 6.62. The van der Waals surface area contributed by atoms with Gasteiger partial charge in [0.05, 0.1) is 5.56 Å². The second-order valence-corrected chi connectivity index (χ2v) is 4.94. The summed E-state index contributed by atoms with van der Waals surface area (Å²) >= 11 is 3.34. The van der Waals surface area contributed by atoms with Crippen LogP contribution in [0.3, 0.4) is 0 Å². The average Bonchev–Trinajstić information content (AvgIpc) is 2.39. The highest BCUT2D eigenvalue weighted by molar-refractivity contribution is 9.10. The smallest absolute Gasteiger partial charge is 0.337 e. The van der Waals surface area contributed by atoms with Gasteiger partial charge in [-0.2, -0.15) is 0 Å². The minimum absolute atomic E-state index is 0.276. The summed E-state index contributed by atoms with van der Waals surface area (Å²) in [5, 5.41) is 12.3. The molecule has 0 fully saturated rings. The molecule has 0 aliphatic carbocycles. The van der Waals surface area contributed by atoms with Crippen LogP contribution in [0, 0.1) is 0 Å². The number of benzene rings is 1. The molecule has 0 aliphatic heterocycles. The molecule has 0 amide bonds. The van der Waals surface area contributed by atoms with Crippen molar-refractivity contribution >= 4 is 27.6 Å². The number of hydrogen-bond acceptors (Lipinski definition) is 3. The molecule has 0 saturated heterocycles. The van der Waals surface area contributed by atoms with E-state index in [1.807, 2.05) is 12.1 Å². The van der Waals surface area contributed by atoms with Gasteiger partial charge in [0, 0.05) is 29.1 Å². The van der Waals surface area contributed by atoms with Gasteiger partial charge in [0.1, 0.15) is 0 Å². The number of carbonyl (C=O) groups is 1. The maximum absolute atomic E-state index is 11.1. The van der Waals surface area contributed by atoms with Crippen LogP contribution in [0.5, 0.6) is 0 Å². The van der Waals surface area contributed by atoms with E-state index in [-0.39, 0.29) is 5.56 Å². The molecule has 1 heterocycles. The molecular weight excluding hydrogens is 308 g/mol. The molecule has 4 nitrogen and oxygen atoms in total. The molecule has 2 rings (SSSR count). The molecule has 0 spiro atoms. The molecule has 0 radical (unpaired) electrons. The van der Waals surface area contributed by atoms with Crippen LogP contribution in [-0.2, 0) is 6.42 Å². The zero-order valence-corrected chi connectivity index (χ0v) is 11.7. The van der Waals surface area contributed by atoms with Crippen molar-refractivity contribution in [2.24, 2.45) is 0 Å². The lowest BCUT2D eigenvalue weighted by Gasteiger charge is -2.10. The van der Waals surface area contributed by atoms with Gasteiger partial charge in [0.2, 0.25) is 0 Å². The van der Waals surface area contributed by atoms with Gasteiger partial charge in [0.25, 0.3) is 0 Å². The van der Waals surface area contributed by atoms with E-state index in [0.29, 0.717) is 12.2 Å². The summed E-state index contributed by atoms with van der Waals surface area (Å²) in [6.45, 7) is 0.667. The Kier molecular flexibility index (Phi) is 4.52. The number of pyridine rings is 1. The van der Waals surface area contributed by atoms with Crippen molar-refractivity contribution < 1.29 is 9.90 Å². The van der Waals surface area contributed by atoms with Crippen molar-refractivity contribution in [3.63, 3.8) is 0 Å². The Hall–Kier alpha value is -1.88. The number of nitrogens with zero attached hydrogens (tertiary/aromatic N) is 1. The molecule has 0 bridgehead atoms. The zero-order chi connectivity index (χ0) is 13.7. The Balaban J connectivity index is 2.03. The maximum Gasteiger partial charge on any atom is 0.337 e. The first kappa shape index (κ1) is 13.5. The second kappa shape index (κ2) is 6.33. The Labute approximate surface area is 119 Å². The molecular formula is C14H13BrN2O2. The third kappa shape index (κ3) is 3.79. The number of aromatic carboxylic acids is 1. The quantitative estimate of drug-likeness (QED) is 0.888. The van der Waals surface area contributed by atoms with Crippen molar-refractivity contribution in [1.29, 1.82) is 0 Å². The number of halogens is 1. The highest BCUT2D eigenvalue weighted by Gasteiger charge is 2.09. The van der Waals surface area contributed by atoms with Gasteiger partial charge in [-0.1, -0.05) is 15.9 Å². The highest BCUT2D eigenvalue weighted by atomic mass is 79.9. The molecule has 1 aromatic heterocycles. The van der Waals surface area contributed by atoms with Crippen LogP contribution in [0.1, 0.15) is 15.9 Å². The summed E-state index contributed by atoms with van der Waals surface area (Å²) < 4.78 is 0.851. The summed E-state index contributed by atoms with van der Waals surface area (Å²) in [4.78, 5) is 15.1. The predicted octanol–water partition coefficient (Wildman–Crippen LogP) is 3.20. The van der Waals surface area contributed by atoms with Crippen molar-refractivity contribution in [1.82, 2.24) is 4.98 Å². The van der Waals surface area contributed by atoms with E-state index in [9.17, 15) is 4.79 Å². The van der Waals surface area contributed by atoms with Crippen LogP contribution in [0.4, 0.5) is 5.69 Å². The van der Waals surface area contributed by atoms with Crippen LogP contribution in [0.15, 0.2) is 47.2 Å². The van der Waals surface area contributed by atoms with Crippen LogP contribution in [0.2, 0.25) is 0 Å². The third-order valence-electron chi connectivity index (χ3n) is 2.69. The number of anilines is 1. The number of carboxylic acid groups (broad SMARTS) is 1. The van der Waals surface area contributed by atoms with E-state index in [4.69, 9.17) is 5.11 Å². The second-order valence-electron chi connectivity index (χ2n) is 4.03. The molecule has 0 aliphatic rings. The fourth-order valence-corrected chi connectivity index (χ4v) is 2.10. The molecule has 1 aromatic carbocycles. The number of nitrogens with one attached hydrogen (secondary N) is 1. The van der Waals surface area contributed by atoms with Gasteiger partial charge in [-0.05, 0) is 42.3 Å². The SMILES string of the molecule is O=C(O)c1ccc(Br)cc1NCCc1ccncc1. The Morgan fingerprint density at radius 1 is 1.26 bits per heavy atom. The minimum Gasteiger partial charge on any atom is -0.478 e. The molecule has 98 valence electrons. The molecule has 0 saturated carbocycles. The van der Waals surface area contributed by atoms with Crippen molar-refractivity contribution in [3.8, 4) is 0 Å². The normalized spacial score (nSPS) is 10.2. The summed E-state index contributed by atoms with van der Waals surface area (Å²) in [5.41, 5.74) is 2.06. The largest absolute Gasteiger partial charge is 0.478 e. The van der Waals surface area contributed by atoms with Crippen molar-refractivity contribution in [2.75, 3.05) is 11.9 Å². The molecule has 19 heavy (non-hydrogen) atoms. The van der Waals surface area contributed by atoms with Crippen molar-refractivity contribution in [2.45, 2.75) is 6.42 Å².